The molecule has 120 valence electrons. The quantitative estimate of drug-likeness (QED) is 0.602. The molecule has 2 aromatic carbocycles. The van der Waals surface area contributed by atoms with Crippen LogP contribution in [-0.2, 0) is 14.8 Å². The first-order valence-electron chi connectivity index (χ1n) is 6.82. The largest absolute Gasteiger partial charge is 0.298 e. The Kier molecular flexibility index (Phi) is 5.51. The second-order valence-corrected chi connectivity index (χ2v) is 7.74. The van der Waals surface area contributed by atoms with Gasteiger partial charge in [0.1, 0.15) is 6.29 Å². The molecule has 0 spiro atoms. The molecule has 4 nitrogen and oxygen atoms in total. The number of aldehydes is 1. The van der Waals surface area contributed by atoms with Crippen molar-refractivity contribution in [3.8, 4) is 0 Å². The molecule has 0 fully saturated rings. The van der Waals surface area contributed by atoms with Crippen molar-refractivity contribution >= 4 is 32.2 Å². The van der Waals surface area contributed by atoms with Gasteiger partial charge >= 0.3 is 0 Å². The predicted molar refractivity (Wildman–Crippen MR) is 93.6 cm³/mol. The summed E-state index contributed by atoms with van der Waals surface area (Å²) in [5.74, 6) is 0. The Balaban J connectivity index is 2.37. The molecule has 6 heteroatoms. The van der Waals surface area contributed by atoms with Crippen LogP contribution in [0.3, 0.4) is 0 Å². The lowest BCUT2D eigenvalue weighted by atomic mass is 10.0. The van der Waals surface area contributed by atoms with Crippen molar-refractivity contribution in [3.05, 3.63) is 76.3 Å². The van der Waals surface area contributed by atoms with Crippen LogP contribution in [0.2, 0.25) is 0 Å². The molecule has 1 atom stereocenters. The summed E-state index contributed by atoms with van der Waals surface area (Å²) in [6, 6.07) is 12.7. The Hall–Kier alpha value is -1.76. The van der Waals surface area contributed by atoms with Gasteiger partial charge in [0.15, 0.2) is 0 Å². The van der Waals surface area contributed by atoms with Gasteiger partial charge in [0.05, 0.1) is 10.9 Å². The van der Waals surface area contributed by atoms with Crippen LogP contribution in [0, 0.1) is 6.92 Å². The molecule has 0 amide bonds. The van der Waals surface area contributed by atoms with E-state index in [9.17, 15) is 13.2 Å². The average Bonchev–Trinajstić information content (AvgIpc) is 2.53. The highest BCUT2D eigenvalue weighted by Crippen LogP contribution is 2.24. The maximum Gasteiger partial charge on any atom is 0.241 e. The smallest absolute Gasteiger partial charge is 0.241 e. The summed E-state index contributed by atoms with van der Waals surface area (Å²) >= 11 is 3.32. The van der Waals surface area contributed by atoms with Crippen molar-refractivity contribution < 1.29 is 13.2 Å². The molecule has 2 rings (SSSR count). The first kappa shape index (κ1) is 17.6. The molecule has 0 radical (unpaired) electrons. The molecule has 0 unspecified atom stereocenters. The van der Waals surface area contributed by atoms with Crippen LogP contribution < -0.4 is 4.72 Å². The molecule has 0 aliphatic rings. The summed E-state index contributed by atoms with van der Waals surface area (Å²) in [5, 5.41) is 0. The zero-order chi connectivity index (χ0) is 17.0. The lowest BCUT2D eigenvalue weighted by Crippen LogP contribution is -2.30. The molecule has 0 saturated heterocycles. The van der Waals surface area contributed by atoms with Crippen LogP contribution in [0.5, 0.6) is 0 Å². The number of carbonyl (C=O) groups is 1. The summed E-state index contributed by atoms with van der Waals surface area (Å²) in [5.41, 5.74) is 1.75. The Labute approximate surface area is 144 Å². The number of carbonyl (C=O) groups excluding carboxylic acids is 1. The van der Waals surface area contributed by atoms with Crippen LogP contribution in [-0.4, -0.2) is 14.7 Å². The van der Waals surface area contributed by atoms with Crippen LogP contribution in [0.1, 0.15) is 17.2 Å². The van der Waals surface area contributed by atoms with Gasteiger partial charge in [-0.1, -0.05) is 52.3 Å². The fourth-order valence-corrected chi connectivity index (χ4v) is 3.51. The van der Waals surface area contributed by atoms with Gasteiger partial charge in [-0.2, -0.15) is 4.72 Å². The van der Waals surface area contributed by atoms with Crippen LogP contribution in [0.4, 0.5) is 0 Å². The highest BCUT2D eigenvalue weighted by atomic mass is 79.9. The molecule has 0 bridgehead atoms. The lowest BCUT2D eigenvalue weighted by Gasteiger charge is -2.19. The predicted octanol–water partition coefficient (Wildman–Crippen LogP) is 3.53. The van der Waals surface area contributed by atoms with Gasteiger partial charge in [-0.15, -0.1) is 0 Å². The van der Waals surface area contributed by atoms with Crippen molar-refractivity contribution in [2.75, 3.05) is 0 Å². The third-order valence-corrected chi connectivity index (χ3v) is 5.30. The molecule has 23 heavy (non-hydrogen) atoms. The summed E-state index contributed by atoms with van der Waals surface area (Å²) in [6.45, 7) is 5.54. The maximum absolute atomic E-state index is 12.5. The van der Waals surface area contributed by atoms with Gasteiger partial charge in [-0.3, -0.25) is 4.79 Å². The van der Waals surface area contributed by atoms with Gasteiger partial charge in [-0.05, 0) is 36.8 Å². The fraction of sp³-hybridized carbons (Fsp3) is 0.118. The third-order valence-electron chi connectivity index (χ3n) is 3.33. The number of hydrogen-bond donors (Lipinski definition) is 1. The minimum absolute atomic E-state index is 0.142. The van der Waals surface area contributed by atoms with Crippen molar-refractivity contribution in [1.82, 2.24) is 4.72 Å². The molecule has 0 heterocycles. The monoisotopic (exact) mass is 393 g/mol. The van der Waals surface area contributed by atoms with Gasteiger partial charge in [0.25, 0.3) is 0 Å². The minimum Gasteiger partial charge on any atom is -0.298 e. The molecule has 0 aliphatic carbocycles. The molecule has 0 aliphatic heterocycles. The Bertz CT molecular complexity index is 812. The molecule has 0 saturated carbocycles. The number of hydrogen-bond acceptors (Lipinski definition) is 3. The number of halogens is 1. The van der Waals surface area contributed by atoms with Crippen molar-refractivity contribution in [2.45, 2.75) is 17.9 Å². The van der Waals surface area contributed by atoms with Crippen LogP contribution >= 0.6 is 15.9 Å². The molecule has 0 aromatic heterocycles. The van der Waals surface area contributed by atoms with E-state index in [1.165, 1.54) is 12.1 Å². The highest BCUT2D eigenvalue weighted by molar-refractivity contribution is 9.10. The number of benzene rings is 2. The van der Waals surface area contributed by atoms with E-state index in [2.05, 4.69) is 27.2 Å². The molecular formula is C17H16BrNO3S. The second-order valence-electron chi connectivity index (χ2n) is 5.11. The number of nitrogens with one attached hydrogen (secondary N) is 1. The minimum atomic E-state index is -3.77. The summed E-state index contributed by atoms with van der Waals surface area (Å²) in [7, 11) is -3.77. The molecule has 1 N–H and O–H groups in total. The summed E-state index contributed by atoms with van der Waals surface area (Å²) in [6.07, 6.45) is 0.560. The van der Waals surface area contributed by atoms with E-state index in [4.69, 9.17) is 0 Å². The van der Waals surface area contributed by atoms with Gasteiger partial charge in [0, 0.05) is 10.0 Å². The SMILES string of the molecule is C=C(C=O)[C@H](NS(=O)(=O)c1ccc(C)cc1)c1ccc(Br)cc1. The van der Waals surface area contributed by atoms with Crippen LogP contribution in [0.25, 0.3) is 0 Å². The highest BCUT2D eigenvalue weighted by Gasteiger charge is 2.23. The first-order valence-corrected chi connectivity index (χ1v) is 9.09. The van der Waals surface area contributed by atoms with Crippen molar-refractivity contribution in [3.63, 3.8) is 0 Å². The normalized spacial score (nSPS) is 12.6. The van der Waals surface area contributed by atoms with Gasteiger partial charge in [-0.25, -0.2) is 8.42 Å². The first-order chi connectivity index (χ1) is 10.8. The summed E-state index contributed by atoms with van der Waals surface area (Å²) < 4.78 is 28.5. The fourth-order valence-electron chi connectivity index (χ4n) is 2.02. The van der Waals surface area contributed by atoms with E-state index < -0.39 is 16.1 Å². The lowest BCUT2D eigenvalue weighted by molar-refractivity contribution is -0.105. The summed E-state index contributed by atoms with van der Waals surface area (Å²) in [4.78, 5) is 11.3. The van der Waals surface area contributed by atoms with Gasteiger partial charge < -0.3 is 0 Å². The number of rotatable bonds is 6. The number of sulfonamides is 1. The Morgan fingerprint density at radius 2 is 1.70 bits per heavy atom. The Morgan fingerprint density at radius 1 is 1.13 bits per heavy atom. The van der Waals surface area contributed by atoms with E-state index in [0.717, 1.165) is 10.0 Å². The zero-order valence-electron chi connectivity index (χ0n) is 12.5. The topological polar surface area (TPSA) is 63.2 Å². The van der Waals surface area contributed by atoms with E-state index in [-0.39, 0.29) is 10.5 Å². The zero-order valence-corrected chi connectivity index (χ0v) is 14.9. The van der Waals surface area contributed by atoms with E-state index in [1.54, 1.807) is 36.4 Å². The van der Waals surface area contributed by atoms with E-state index in [1.807, 2.05) is 6.92 Å². The average molecular weight is 394 g/mol. The van der Waals surface area contributed by atoms with Crippen molar-refractivity contribution in [2.24, 2.45) is 0 Å². The van der Waals surface area contributed by atoms with E-state index in [0.29, 0.717) is 11.8 Å². The Morgan fingerprint density at radius 3 is 2.22 bits per heavy atom. The van der Waals surface area contributed by atoms with E-state index >= 15 is 0 Å². The maximum atomic E-state index is 12.5. The standard InChI is InChI=1S/C17H16BrNO3S/c1-12-3-9-16(10-4-12)23(21,22)19-17(13(2)11-20)14-5-7-15(18)8-6-14/h3-11,17,19H,2H2,1H3/t17-/m0/s1. The van der Waals surface area contributed by atoms with Crippen molar-refractivity contribution in [1.29, 1.82) is 0 Å². The number of aryl methyl sites for hydroxylation is 1. The molecular weight excluding hydrogens is 378 g/mol. The third kappa shape index (κ3) is 4.37. The van der Waals surface area contributed by atoms with Gasteiger partial charge in [0.2, 0.25) is 10.0 Å². The second kappa shape index (κ2) is 7.21. The van der Waals surface area contributed by atoms with Crippen LogP contribution in [0.15, 0.2) is 70.1 Å². The molecule has 2 aromatic rings.